The van der Waals surface area contributed by atoms with Crippen LogP contribution in [-0.4, -0.2) is 108 Å². The molecule has 334 valence electrons. The zero-order chi connectivity index (χ0) is 46.1. The van der Waals surface area contributed by atoms with Gasteiger partial charge in [-0.2, -0.15) is 28.5 Å². The van der Waals surface area contributed by atoms with E-state index in [1.54, 1.807) is 0 Å². The first kappa shape index (κ1) is 62.9. The molecule has 66 heavy (non-hydrogen) atoms. The summed E-state index contributed by atoms with van der Waals surface area (Å²) in [7, 11) is -29.4. The molecule has 1 aromatic heterocycles. The maximum absolute atomic E-state index is 14.0. The fraction of sp³-hybridized carbons (Fsp3) is 0.138. The fourth-order valence-electron chi connectivity index (χ4n) is 4.99. The van der Waals surface area contributed by atoms with Crippen LogP contribution in [0.1, 0.15) is 0 Å². The molecule has 26 nitrogen and oxygen atoms in total. The number of aromatic nitrogens is 3. The van der Waals surface area contributed by atoms with Crippen molar-refractivity contribution in [3.05, 3.63) is 72.0 Å². The first-order chi connectivity index (χ1) is 28.5. The normalized spacial score (nSPS) is 12.3. The smallest absolute Gasteiger partial charge is 0.870 e. The van der Waals surface area contributed by atoms with Gasteiger partial charge in [0.15, 0.2) is 19.7 Å². The first-order valence-corrected chi connectivity index (χ1v) is 25.2. The number of hydrogen-bond acceptors (Lipinski definition) is 25. The van der Waals surface area contributed by atoms with E-state index in [9.17, 15) is 69.3 Å². The molecular weight excluding hydrogens is 1070 g/mol. The number of benzene rings is 4. The minimum Gasteiger partial charge on any atom is -0.870 e. The minimum atomic E-state index is -5.61. The molecule has 0 spiro atoms. The van der Waals surface area contributed by atoms with Crippen LogP contribution in [0, 0.1) is 0 Å². The third-order valence-corrected chi connectivity index (χ3v) is 13.8. The van der Waals surface area contributed by atoms with E-state index in [1.165, 1.54) is 12.1 Å². The van der Waals surface area contributed by atoms with Crippen LogP contribution in [0.25, 0.3) is 10.8 Å². The second-order valence-electron chi connectivity index (χ2n) is 11.9. The van der Waals surface area contributed by atoms with Crippen LogP contribution >= 0.6 is 11.6 Å². The third kappa shape index (κ3) is 17.9. The number of rotatable bonds is 18. The molecule has 0 saturated heterocycles. The summed E-state index contributed by atoms with van der Waals surface area (Å²) in [5, 5.41) is 24.7. The molecule has 5 aromatic rings. The van der Waals surface area contributed by atoms with Crippen molar-refractivity contribution in [2.24, 2.45) is 10.2 Å². The number of sulfone groups is 2. The van der Waals surface area contributed by atoms with Crippen molar-refractivity contribution in [1.82, 2.24) is 15.0 Å². The van der Waals surface area contributed by atoms with E-state index < -0.39 is 139 Å². The molecule has 5 rings (SSSR count). The predicted molar refractivity (Wildman–Crippen MR) is 205 cm³/mol. The van der Waals surface area contributed by atoms with Crippen molar-refractivity contribution in [1.29, 1.82) is 0 Å². The van der Waals surface area contributed by atoms with Crippen LogP contribution in [0.3, 0.4) is 0 Å². The van der Waals surface area contributed by atoms with Gasteiger partial charge in [-0.25, -0.2) is 46.3 Å². The summed E-state index contributed by atoms with van der Waals surface area (Å²) in [6.45, 7) is -1.88. The van der Waals surface area contributed by atoms with Crippen LogP contribution in [-0.2, 0) is 69.1 Å². The number of halogens is 1. The molecule has 4 aromatic carbocycles. The standard InChI is InChI=1S/C29H26ClN7O19S6.4Na/c30-27-33-28(31-17-1-5-19(6-2-17)57(39,40)11-9-55-61(49,50)51)35-29(34-27)32-22-15-21(59(43,44)45)13-16-14-23(60(46,47)48)25(26(38)24(16)22)37-36-18-3-7-20(8-4-18)58(41,42)12-10-56-62(52,53)54;;;;/h1-8,13-15,38H,9-12H2,(H,43,44,45)(H,46,47,48)(H,49,50,51)(H,52,53,54)(H2,31,32,33,34,35);;;;/q;4*+1/p-4. The summed E-state index contributed by atoms with van der Waals surface area (Å²) < 4.78 is 193. The molecule has 0 amide bonds. The molecule has 0 unspecified atom stereocenters. The Balaban J connectivity index is 0.00000544. The molecule has 1 heterocycles. The van der Waals surface area contributed by atoms with Gasteiger partial charge >= 0.3 is 129 Å². The Morgan fingerprint density at radius 3 is 1.61 bits per heavy atom. The molecule has 3 N–H and O–H groups in total. The molecule has 37 heteroatoms. The van der Waals surface area contributed by atoms with Crippen molar-refractivity contribution >= 4 is 118 Å². The number of hydrogen-bond donors (Lipinski definition) is 3. The number of anilines is 4. The number of fused-ring (bicyclic) bond motifs is 1. The second kappa shape index (κ2) is 24.8. The monoisotopic (exact) mass is 1090 g/mol. The van der Waals surface area contributed by atoms with Crippen molar-refractivity contribution < 1.29 is 200 Å². The van der Waals surface area contributed by atoms with E-state index in [4.69, 9.17) is 16.2 Å². The van der Waals surface area contributed by atoms with E-state index >= 15 is 0 Å². The topological polar surface area (TPSA) is 423 Å². The molecule has 0 saturated carbocycles. The predicted octanol–water partition coefficient (Wildman–Crippen LogP) is -10.7. The summed E-state index contributed by atoms with van der Waals surface area (Å²) in [6, 6.07) is 10.3. The van der Waals surface area contributed by atoms with Crippen LogP contribution in [0.4, 0.5) is 34.6 Å². The van der Waals surface area contributed by atoms with Crippen LogP contribution in [0.5, 0.6) is 5.75 Å². The van der Waals surface area contributed by atoms with Gasteiger partial charge in [0.1, 0.15) is 20.2 Å². The molecular formula is C29H22ClN7Na4O19S6. The van der Waals surface area contributed by atoms with Crippen molar-refractivity contribution in [2.45, 2.75) is 19.6 Å². The molecule has 0 fully saturated rings. The Kier molecular flexibility index (Phi) is 23.7. The molecule has 0 radical (unpaired) electrons. The van der Waals surface area contributed by atoms with Crippen LogP contribution in [0.15, 0.2) is 96.5 Å². The molecule has 0 aliphatic rings. The van der Waals surface area contributed by atoms with E-state index in [0.717, 1.165) is 36.4 Å². The second-order valence-corrected chi connectivity index (χ2v) is 21.3. The third-order valence-electron chi connectivity index (χ3n) is 7.61. The summed E-state index contributed by atoms with van der Waals surface area (Å²) in [4.78, 5) is 8.67. The van der Waals surface area contributed by atoms with E-state index in [0.29, 0.717) is 18.2 Å². The van der Waals surface area contributed by atoms with Crippen molar-refractivity contribution in [2.75, 3.05) is 35.4 Å². The largest absolute Gasteiger partial charge is 1.00 e. The number of azo groups is 1. The van der Waals surface area contributed by atoms with Gasteiger partial charge in [0.25, 0.3) is 0 Å². The molecule has 0 atom stereocenters. The Labute approximate surface area is 469 Å². The van der Waals surface area contributed by atoms with E-state index in [2.05, 4.69) is 44.2 Å². The molecule has 0 bridgehead atoms. The Bertz CT molecular complexity index is 3310. The van der Waals surface area contributed by atoms with Crippen molar-refractivity contribution in [3.63, 3.8) is 0 Å². The quantitative estimate of drug-likeness (QED) is 0.0317. The van der Waals surface area contributed by atoms with Crippen molar-refractivity contribution in [3.8, 4) is 5.75 Å². The van der Waals surface area contributed by atoms with Gasteiger partial charge in [-0.05, 0) is 89.1 Å². The van der Waals surface area contributed by atoms with Gasteiger partial charge < -0.3 is 29.4 Å². The fourth-order valence-corrected chi connectivity index (χ4v) is 9.29. The molecule has 0 aliphatic heterocycles. The zero-order valence-electron chi connectivity index (χ0n) is 34.0. The number of nitrogens with zero attached hydrogens (tertiary/aromatic N) is 5. The van der Waals surface area contributed by atoms with E-state index in [1.807, 2.05) is 0 Å². The van der Waals surface area contributed by atoms with Gasteiger partial charge in [-0.15, -0.1) is 5.11 Å². The Morgan fingerprint density at radius 1 is 0.621 bits per heavy atom. The SMILES string of the molecule is O=S(=O)([O-])OCCS(=O)(=O)c1ccc(Nc2nc(Cl)nc(Nc3cc(S(=O)(=O)[O-])cc4cc(S(=O)(=O)[O-])c(N=Nc5ccc(S(=O)(=O)CCOS(=O)(=O)O)cc5)c([O-])c34)n2)cc1.[Na+].[Na+].[Na+].[Na+]. The summed E-state index contributed by atoms with van der Waals surface area (Å²) in [5.74, 6) is -4.05. The van der Waals surface area contributed by atoms with Gasteiger partial charge in [-0.3, -0.25) is 8.74 Å². The average molecular weight is 1090 g/mol. The van der Waals surface area contributed by atoms with Gasteiger partial charge in [-0.1, -0.05) is 5.75 Å². The summed E-state index contributed by atoms with van der Waals surface area (Å²) in [6.07, 6.45) is 0. The minimum absolute atomic E-state index is 0. The molecule has 0 aliphatic carbocycles. The van der Waals surface area contributed by atoms with Crippen LogP contribution < -0.4 is 134 Å². The van der Waals surface area contributed by atoms with E-state index in [-0.39, 0.29) is 140 Å². The average Bonchev–Trinajstić information content (AvgIpc) is 3.12. The summed E-state index contributed by atoms with van der Waals surface area (Å²) in [5.41, 5.74) is -1.82. The van der Waals surface area contributed by atoms with Crippen LogP contribution in [0.2, 0.25) is 5.28 Å². The van der Waals surface area contributed by atoms with Gasteiger partial charge in [0, 0.05) is 11.4 Å². The Morgan fingerprint density at radius 2 is 1.12 bits per heavy atom. The zero-order valence-corrected chi connectivity index (χ0v) is 47.7. The summed E-state index contributed by atoms with van der Waals surface area (Å²) >= 11 is 6.07. The number of nitrogens with one attached hydrogen (secondary N) is 2. The maximum atomic E-state index is 14.0. The maximum Gasteiger partial charge on any atom is 1.00 e. The van der Waals surface area contributed by atoms with Gasteiger partial charge in [0.2, 0.25) is 27.6 Å². The Hall–Kier alpha value is -1.10. The van der Waals surface area contributed by atoms with Gasteiger partial charge in [0.05, 0.1) is 55.7 Å². The first-order valence-electron chi connectivity index (χ1n) is 16.0.